The Kier molecular flexibility index (Phi) is 4.40. The lowest BCUT2D eigenvalue weighted by atomic mass is 10.2. The third kappa shape index (κ3) is 2.93. The Morgan fingerprint density at radius 3 is 2.39 bits per heavy atom. The zero-order chi connectivity index (χ0) is 13.1. The topological polar surface area (TPSA) is 12.5 Å². The molecule has 0 radical (unpaired) electrons. The molecule has 0 N–H and O–H groups in total. The highest BCUT2D eigenvalue weighted by atomic mass is 35.5. The molecule has 1 aromatic rings. The first-order valence-electron chi connectivity index (χ1n) is 5.96. The fourth-order valence-electron chi connectivity index (χ4n) is 2.02. The molecule has 0 aromatic heterocycles. The Balaban J connectivity index is 2.28. The van der Waals surface area contributed by atoms with Gasteiger partial charge in [0.15, 0.2) is 0 Å². The number of anilines is 1. The van der Waals surface area contributed by atoms with Gasteiger partial charge in [0.2, 0.25) is 0 Å². The van der Waals surface area contributed by atoms with E-state index in [1.165, 1.54) is 12.1 Å². The first-order valence-corrected chi connectivity index (χ1v) is 6.50. The van der Waals surface area contributed by atoms with Crippen LogP contribution in [0.25, 0.3) is 0 Å². The van der Waals surface area contributed by atoms with Crippen LogP contribution < -0.4 is 4.90 Å². The zero-order valence-corrected chi connectivity index (χ0v) is 11.0. The van der Waals surface area contributed by atoms with E-state index in [4.69, 9.17) is 16.3 Å². The predicted molar refractivity (Wildman–Crippen MR) is 68.2 cm³/mol. The van der Waals surface area contributed by atoms with Gasteiger partial charge in [0.1, 0.15) is 17.3 Å². The fourth-order valence-corrected chi connectivity index (χ4v) is 2.18. The number of rotatable bonds is 6. The number of halogens is 3. The quantitative estimate of drug-likeness (QED) is 0.739. The van der Waals surface area contributed by atoms with Gasteiger partial charge in [-0.25, -0.2) is 8.78 Å². The van der Waals surface area contributed by atoms with Gasteiger partial charge in [0.25, 0.3) is 0 Å². The van der Waals surface area contributed by atoms with Crippen molar-refractivity contribution in [1.82, 2.24) is 0 Å². The van der Waals surface area contributed by atoms with E-state index in [-0.39, 0.29) is 17.6 Å². The molecule has 0 amide bonds. The minimum absolute atomic E-state index is 0.0448. The van der Waals surface area contributed by atoms with E-state index in [1.54, 1.807) is 12.0 Å². The van der Waals surface area contributed by atoms with Crippen molar-refractivity contribution in [3.63, 3.8) is 0 Å². The average Bonchev–Trinajstić information content (AvgIpc) is 3.16. The normalized spacial score (nSPS) is 14.9. The van der Waals surface area contributed by atoms with Gasteiger partial charge in [-0.3, -0.25) is 0 Å². The molecule has 100 valence electrons. The van der Waals surface area contributed by atoms with Crippen molar-refractivity contribution in [2.24, 2.45) is 0 Å². The predicted octanol–water partition coefficient (Wildman–Crippen LogP) is 3.32. The smallest absolute Gasteiger partial charge is 0.149 e. The number of hydrogen-bond donors (Lipinski definition) is 0. The molecule has 1 aromatic carbocycles. The molecule has 0 aliphatic heterocycles. The van der Waals surface area contributed by atoms with E-state index in [0.717, 1.165) is 12.8 Å². The Morgan fingerprint density at radius 2 is 1.94 bits per heavy atom. The summed E-state index contributed by atoms with van der Waals surface area (Å²) in [5.74, 6) is -0.988. The lowest BCUT2D eigenvalue weighted by Crippen LogP contribution is -2.31. The number of hydrogen-bond acceptors (Lipinski definition) is 2. The Bertz CT molecular complexity index is 400. The van der Waals surface area contributed by atoms with Crippen LogP contribution in [0.15, 0.2) is 12.1 Å². The first-order chi connectivity index (χ1) is 8.67. The molecule has 1 saturated carbocycles. The van der Waals surface area contributed by atoms with Gasteiger partial charge in [-0.2, -0.15) is 0 Å². The van der Waals surface area contributed by atoms with Gasteiger partial charge in [0.05, 0.1) is 6.61 Å². The molecule has 0 saturated heterocycles. The molecule has 2 rings (SSSR count). The van der Waals surface area contributed by atoms with Gasteiger partial charge in [0, 0.05) is 25.6 Å². The van der Waals surface area contributed by atoms with Gasteiger partial charge < -0.3 is 9.64 Å². The summed E-state index contributed by atoms with van der Waals surface area (Å²) < 4.78 is 33.0. The average molecular weight is 276 g/mol. The summed E-state index contributed by atoms with van der Waals surface area (Å²) in [6.45, 7) is 0.946. The van der Waals surface area contributed by atoms with Crippen LogP contribution in [0, 0.1) is 11.6 Å². The highest BCUT2D eigenvalue weighted by molar-refractivity contribution is 6.17. The number of methoxy groups -OCH3 is 1. The van der Waals surface area contributed by atoms with E-state index in [0.29, 0.717) is 18.7 Å². The molecule has 0 heterocycles. The van der Waals surface area contributed by atoms with Crippen LogP contribution in [0.3, 0.4) is 0 Å². The van der Waals surface area contributed by atoms with Crippen LogP contribution in [0.1, 0.15) is 18.4 Å². The van der Waals surface area contributed by atoms with Crippen LogP contribution in [-0.2, 0) is 10.6 Å². The molecule has 1 aliphatic carbocycles. The third-order valence-electron chi connectivity index (χ3n) is 3.04. The Labute approximate surface area is 110 Å². The van der Waals surface area contributed by atoms with Crippen LogP contribution >= 0.6 is 11.6 Å². The van der Waals surface area contributed by atoms with Gasteiger partial charge in [-0.05, 0) is 30.5 Å². The molecule has 2 nitrogen and oxygen atoms in total. The second-order valence-electron chi connectivity index (χ2n) is 4.46. The molecule has 18 heavy (non-hydrogen) atoms. The second kappa shape index (κ2) is 5.85. The van der Waals surface area contributed by atoms with Crippen LogP contribution in [0.5, 0.6) is 0 Å². The van der Waals surface area contributed by atoms with Crippen molar-refractivity contribution in [3.8, 4) is 0 Å². The minimum atomic E-state index is -0.548. The lowest BCUT2D eigenvalue weighted by molar-refractivity contribution is 0.204. The Morgan fingerprint density at radius 1 is 1.33 bits per heavy atom. The van der Waals surface area contributed by atoms with E-state index in [9.17, 15) is 8.78 Å². The molecule has 0 unspecified atom stereocenters. The summed E-state index contributed by atoms with van der Waals surface area (Å²) in [5, 5.41) is 0. The number of benzene rings is 1. The molecule has 1 aliphatic rings. The van der Waals surface area contributed by atoms with Gasteiger partial charge >= 0.3 is 0 Å². The standard InChI is InChI=1S/C13H16ClF2NO/c1-18-5-4-17(10-2-3-10)13-11(15)6-9(8-14)7-12(13)16/h6-7,10H,2-5,8H2,1H3. The molecule has 5 heteroatoms. The van der Waals surface area contributed by atoms with Crippen molar-refractivity contribution in [1.29, 1.82) is 0 Å². The largest absolute Gasteiger partial charge is 0.383 e. The number of nitrogens with zero attached hydrogens (tertiary/aromatic N) is 1. The van der Waals surface area contributed by atoms with Crippen molar-refractivity contribution >= 4 is 17.3 Å². The van der Waals surface area contributed by atoms with Crippen LogP contribution in [0.4, 0.5) is 14.5 Å². The summed E-state index contributed by atoms with van der Waals surface area (Å²) in [6, 6.07) is 2.83. The number of ether oxygens (including phenoxy) is 1. The maximum Gasteiger partial charge on any atom is 0.149 e. The molecular formula is C13H16ClF2NO. The maximum atomic E-state index is 14.0. The fraction of sp³-hybridized carbons (Fsp3) is 0.538. The SMILES string of the molecule is COCCN(c1c(F)cc(CCl)cc1F)C1CC1. The molecule has 0 atom stereocenters. The van der Waals surface area contributed by atoms with Gasteiger partial charge in [-0.15, -0.1) is 11.6 Å². The van der Waals surface area contributed by atoms with E-state index in [2.05, 4.69) is 0 Å². The monoisotopic (exact) mass is 275 g/mol. The van der Waals surface area contributed by atoms with Gasteiger partial charge in [-0.1, -0.05) is 0 Å². The summed E-state index contributed by atoms with van der Waals surface area (Å²) in [4.78, 5) is 1.76. The maximum absolute atomic E-state index is 14.0. The van der Waals surface area contributed by atoms with Crippen molar-refractivity contribution in [2.45, 2.75) is 24.8 Å². The van der Waals surface area contributed by atoms with Crippen molar-refractivity contribution in [3.05, 3.63) is 29.3 Å². The third-order valence-corrected chi connectivity index (χ3v) is 3.35. The highest BCUT2D eigenvalue weighted by Crippen LogP contribution is 2.35. The van der Waals surface area contributed by atoms with E-state index >= 15 is 0 Å². The van der Waals surface area contributed by atoms with Crippen LogP contribution in [-0.4, -0.2) is 26.3 Å². The van der Waals surface area contributed by atoms with E-state index < -0.39 is 11.6 Å². The number of alkyl halides is 1. The molecule has 1 fully saturated rings. The van der Waals surface area contributed by atoms with Crippen molar-refractivity contribution < 1.29 is 13.5 Å². The summed E-state index contributed by atoms with van der Waals surface area (Å²) in [5.41, 5.74) is 0.501. The van der Waals surface area contributed by atoms with Crippen LogP contribution in [0.2, 0.25) is 0 Å². The molecule has 0 spiro atoms. The summed E-state index contributed by atoms with van der Waals surface area (Å²) >= 11 is 5.59. The minimum Gasteiger partial charge on any atom is -0.383 e. The zero-order valence-electron chi connectivity index (χ0n) is 10.3. The molecular weight excluding hydrogens is 260 g/mol. The Hall–Kier alpha value is -0.870. The van der Waals surface area contributed by atoms with E-state index in [1.807, 2.05) is 0 Å². The lowest BCUT2D eigenvalue weighted by Gasteiger charge is -2.25. The first kappa shape index (κ1) is 13.6. The highest BCUT2D eigenvalue weighted by Gasteiger charge is 2.32. The molecule has 0 bridgehead atoms. The van der Waals surface area contributed by atoms with Crippen molar-refractivity contribution in [2.75, 3.05) is 25.2 Å². The second-order valence-corrected chi connectivity index (χ2v) is 4.73. The summed E-state index contributed by atoms with van der Waals surface area (Å²) in [7, 11) is 1.58. The summed E-state index contributed by atoms with van der Waals surface area (Å²) in [6.07, 6.45) is 1.94.